The minimum absolute atomic E-state index is 0.293. The van der Waals surface area contributed by atoms with Crippen molar-refractivity contribution in [2.75, 3.05) is 38.1 Å². The molecule has 3 rings (SSSR count). The van der Waals surface area contributed by atoms with Crippen LogP contribution in [-0.2, 0) is 4.79 Å². The molecule has 0 bridgehead atoms. The number of unbranched alkanes of at least 4 members (excludes halogenated alkanes) is 1. The summed E-state index contributed by atoms with van der Waals surface area (Å²) in [5, 5.41) is 5.63. The van der Waals surface area contributed by atoms with Crippen molar-refractivity contribution in [1.82, 2.24) is 0 Å². The van der Waals surface area contributed by atoms with Crippen LogP contribution >= 0.6 is 0 Å². The highest BCUT2D eigenvalue weighted by Crippen LogP contribution is 2.37. The molecule has 0 aromatic heterocycles. The first-order valence-corrected chi connectivity index (χ1v) is 12.5. The third-order valence-electron chi connectivity index (χ3n) is 5.51. The molecule has 0 radical (unpaired) electrons. The molecule has 0 aliphatic heterocycles. The molecule has 0 aliphatic rings. The lowest BCUT2D eigenvalue weighted by Gasteiger charge is -2.16. The fourth-order valence-corrected chi connectivity index (χ4v) is 3.57. The van der Waals surface area contributed by atoms with E-state index >= 15 is 0 Å². The summed E-state index contributed by atoms with van der Waals surface area (Å²) >= 11 is 0. The Morgan fingerprint density at radius 1 is 0.789 bits per heavy atom. The molecule has 0 unspecified atom stereocenters. The molecular formula is C30H34N2O6. The molecule has 8 nitrogen and oxygen atoms in total. The van der Waals surface area contributed by atoms with E-state index in [0.29, 0.717) is 53.2 Å². The van der Waals surface area contributed by atoms with E-state index in [2.05, 4.69) is 17.6 Å². The average molecular weight is 519 g/mol. The maximum absolute atomic E-state index is 12.7. The van der Waals surface area contributed by atoms with Crippen LogP contribution in [-0.4, -0.2) is 39.2 Å². The summed E-state index contributed by atoms with van der Waals surface area (Å²) in [6, 6.07) is 17.6. The van der Waals surface area contributed by atoms with Crippen LogP contribution in [0, 0.1) is 0 Å². The number of rotatable bonds is 13. The normalized spacial score (nSPS) is 10.6. The third-order valence-corrected chi connectivity index (χ3v) is 5.51. The molecule has 0 fully saturated rings. The van der Waals surface area contributed by atoms with Crippen LogP contribution in [0.1, 0.15) is 42.6 Å². The number of amides is 2. The first-order chi connectivity index (χ1) is 18.5. The number of benzene rings is 3. The van der Waals surface area contributed by atoms with Gasteiger partial charge in [0, 0.05) is 23.8 Å². The second kappa shape index (κ2) is 14.3. The maximum Gasteiger partial charge on any atom is 0.255 e. The van der Waals surface area contributed by atoms with Gasteiger partial charge in [0.2, 0.25) is 5.91 Å². The van der Waals surface area contributed by atoms with Gasteiger partial charge in [0.05, 0.1) is 38.8 Å². The molecule has 0 atom stereocenters. The average Bonchev–Trinajstić information content (AvgIpc) is 2.94. The molecule has 2 N–H and O–H groups in total. The van der Waals surface area contributed by atoms with Crippen molar-refractivity contribution in [3.05, 3.63) is 77.9 Å². The van der Waals surface area contributed by atoms with Crippen molar-refractivity contribution in [3.8, 4) is 23.0 Å². The van der Waals surface area contributed by atoms with Crippen molar-refractivity contribution in [3.63, 3.8) is 0 Å². The number of nitrogens with one attached hydrogen (secondary N) is 2. The monoisotopic (exact) mass is 518 g/mol. The molecule has 0 heterocycles. The van der Waals surface area contributed by atoms with Crippen molar-refractivity contribution in [2.45, 2.75) is 26.7 Å². The molecule has 200 valence electrons. The molecule has 2 amide bonds. The van der Waals surface area contributed by atoms with Gasteiger partial charge < -0.3 is 29.6 Å². The Kier molecular flexibility index (Phi) is 10.6. The topological polar surface area (TPSA) is 95.1 Å². The second-order valence-electron chi connectivity index (χ2n) is 8.24. The van der Waals surface area contributed by atoms with Gasteiger partial charge in [-0.15, -0.1) is 0 Å². The highest BCUT2D eigenvalue weighted by Gasteiger charge is 2.16. The van der Waals surface area contributed by atoms with Crippen LogP contribution in [0.2, 0.25) is 0 Å². The summed E-state index contributed by atoms with van der Waals surface area (Å²) in [4.78, 5) is 25.3. The van der Waals surface area contributed by atoms with Gasteiger partial charge in [0.1, 0.15) is 11.5 Å². The van der Waals surface area contributed by atoms with Gasteiger partial charge in [-0.3, -0.25) is 9.59 Å². The number of ether oxygens (including phenoxy) is 4. The Morgan fingerprint density at radius 3 is 2.11 bits per heavy atom. The molecule has 0 saturated carbocycles. The van der Waals surface area contributed by atoms with E-state index in [-0.39, 0.29) is 11.8 Å². The molecule has 38 heavy (non-hydrogen) atoms. The predicted molar refractivity (Wildman–Crippen MR) is 150 cm³/mol. The first kappa shape index (κ1) is 28.1. The molecular weight excluding hydrogens is 484 g/mol. The largest absolute Gasteiger partial charge is 0.494 e. The molecule has 0 aliphatic carbocycles. The van der Waals surface area contributed by atoms with E-state index in [1.165, 1.54) is 20.3 Å². The van der Waals surface area contributed by atoms with Gasteiger partial charge in [-0.2, -0.15) is 0 Å². The van der Waals surface area contributed by atoms with Crippen molar-refractivity contribution < 1.29 is 28.5 Å². The highest BCUT2D eigenvalue weighted by molar-refractivity contribution is 6.06. The quantitative estimate of drug-likeness (QED) is 0.207. The number of hydrogen-bond acceptors (Lipinski definition) is 6. The first-order valence-electron chi connectivity index (χ1n) is 12.5. The number of anilines is 2. The van der Waals surface area contributed by atoms with Crippen LogP contribution in [0.3, 0.4) is 0 Å². The highest BCUT2D eigenvalue weighted by atomic mass is 16.5. The number of hydrogen-bond donors (Lipinski definition) is 2. The van der Waals surface area contributed by atoms with Gasteiger partial charge in [0.15, 0.2) is 11.5 Å². The smallest absolute Gasteiger partial charge is 0.255 e. The van der Waals surface area contributed by atoms with Crippen molar-refractivity contribution >= 4 is 29.3 Å². The summed E-state index contributed by atoms with van der Waals surface area (Å²) in [6.45, 7) is 5.14. The number of carbonyl (C=O) groups is 2. The van der Waals surface area contributed by atoms with E-state index < -0.39 is 0 Å². The van der Waals surface area contributed by atoms with E-state index in [1.54, 1.807) is 42.5 Å². The Hall–Kier alpha value is -4.46. The third kappa shape index (κ3) is 7.77. The summed E-state index contributed by atoms with van der Waals surface area (Å²) in [5.74, 6) is 1.38. The Morgan fingerprint density at radius 2 is 1.47 bits per heavy atom. The van der Waals surface area contributed by atoms with E-state index in [0.717, 1.165) is 18.4 Å². The molecule has 0 spiro atoms. The summed E-state index contributed by atoms with van der Waals surface area (Å²) < 4.78 is 22.4. The Bertz CT molecular complexity index is 1260. The summed E-state index contributed by atoms with van der Waals surface area (Å²) in [7, 11) is 2.96. The van der Waals surface area contributed by atoms with Gasteiger partial charge in [0.25, 0.3) is 5.91 Å². The lowest BCUT2D eigenvalue weighted by molar-refractivity contribution is -0.111. The zero-order valence-electron chi connectivity index (χ0n) is 22.2. The molecule has 3 aromatic rings. The van der Waals surface area contributed by atoms with Crippen LogP contribution in [0.5, 0.6) is 23.0 Å². The lowest BCUT2D eigenvalue weighted by atomic mass is 10.1. The number of methoxy groups -OCH3 is 2. The maximum atomic E-state index is 12.7. The van der Waals surface area contributed by atoms with Crippen molar-refractivity contribution in [2.24, 2.45) is 0 Å². The van der Waals surface area contributed by atoms with E-state index in [1.807, 2.05) is 31.2 Å². The van der Waals surface area contributed by atoms with E-state index in [9.17, 15) is 9.59 Å². The van der Waals surface area contributed by atoms with Crippen LogP contribution in [0.4, 0.5) is 11.4 Å². The zero-order valence-corrected chi connectivity index (χ0v) is 22.2. The van der Waals surface area contributed by atoms with Crippen LogP contribution in [0.15, 0.2) is 66.7 Å². The van der Waals surface area contributed by atoms with E-state index in [4.69, 9.17) is 18.9 Å². The molecule has 8 heteroatoms. The van der Waals surface area contributed by atoms with Crippen LogP contribution < -0.4 is 29.6 Å². The fraction of sp³-hybridized carbons (Fsp3) is 0.267. The van der Waals surface area contributed by atoms with Crippen molar-refractivity contribution in [1.29, 1.82) is 0 Å². The second-order valence-corrected chi connectivity index (χ2v) is 8.24. The predicted octanol–water partition coefficient (Wildman–Crippen LogP) is 6.19. The molecule has 3 aromatic carbocycles. The number of carbonyl (C=O) groups excluding carboxylic acids is 2. The fourth-order valence-electron chi connectivity index (χ4n) is 3.57. The SMILES string of the molecule is CCCCOc1ccc(/C=C/C(=O)Nc2cc(OC)c(NC(=O)c3ccccc3)cc2OC)cc1OCC. The van der Waals surface area contributed by atoms with Gasteiger partial charge >= 0.3 is 0 Å². The standard InChI is InChI=1S/C30H34N2O6/c1-5-7-17-38-25-15-13-21(18-28(25)37-6-2)14-16-29(33)31-23-19-27(36-4)24(20-26(23)35-3)32-30(34)22-11-9-8-10-12-22/h8-16,18-20H,5-7,17H2,1-4H3,(H,31,33)(H,32,34)/b16-14+. The minimum atomic E-state index is -0.368. The van der Waals surface area contributed by atoms with Gasteiger partial charge in [-0.25, -0.2) is 0 Å². The summed E-state index contributed by atoms with van der Waals surface area (Å²) in [5.41, 5.74) is 2.10. The van der Waals surface area contributed by atoms with Crippen LogP contribution in [0.25, 0.3) is 6.08 Å². The Balaban J connectivity index is 1.74. The van der Waals surface area contributed by atoms with Gasteiger partial charge in [-0.1, -0.05) is 37.6 Å². The lowest BCUT2D eigenvalue weighted by Crippen LogP contribution is -2.14. The zero-order chi connectivity index (χ0) is 27.3. The summed E-state index contributed by atoms with van der Waals surface area (Å²) in [6.07, 6.45) is 5.11. The molecule has 0 saturated heterocycles. The minimum Gasteiger partial charge on any atom is -0.494 e. The van der Waals surface area contributed by atoms with Gasteiger partial charge in [-0.05, 0) is 49.2 Å². The Labute approximate surface area is 223 Å².